The maximum Gasteiger partial charge on any atom is 0.261 e. The Balaban J connectivity index is 1.53. The molecular weight excluding hydrogens is 398 g/mol. The van der Waals surface area contributed by atoms with Gasteiger partial charge in [0.25, 0.3) is 10.0 Å². The third kappa shape index (κ3) is 3.17. The van der Waals surface area contributed by atoms with Crippen molar-refractivity contribution in [1.82, 2.24) is 0 Å². The van der Waals surface area contributed by atoms with Gasteiger partial charge in [-0.15, -0.1) is 0 Å². The van der Waals surface area contributed by atoms with Gasteiger partial charge in [-0.25, -0.2) is 8.42 Å². The van der Waals surface area contributed by atoms with E-state index in [1.807, 2.05) is 38.1 Å². The van der Waals surface area contributed by atoms with Crippen molar-refractivity contribution in [2.45, 2.75) is 31.6 Å². The zero-order valence-electron chi connectivity index (χ0n) is 16.7. The van der Waals surface area contributed by atoms with Gasteiger partial charge >= 0.3 is 0 Å². The second kappa shape index (κ2) is 6.44. The highest BCUT2D eigenvalue weighted by atomic mass is 32.2. The van der Waals surface area contributed by atoms with Gasteiger partial charge in [-0.1, -0.05) is 44.2 Å². The Labute approximate surface area is 174 Å². The van der Waals surface area contributed by atoms with E-state index < -0.39 is 10.0 Å². The number of carbonyl (C=O) groups excluding carboxylic acids is 1. The fourth-order valence-corrected chi connectivity index (χ4v) is 5.30. The van der Waals surface area contributed by atoms with Crippen LogP contribution < -0.4 is 4.72 Å². The van der Waals surface area contributed by atoms with E-state index in [4.69, 9.17) is 4.42 Å². The number of anilines is 1. The molecule has 0 amide bonds. The van der Waals surface area contributed by atoms with E-state index in [0.29, 0.717) is 40.8 Å². The summed E-state index contributed by atoms with van der Waals surface area (Å²) in [6, 6.07) is 17.7. The number of nitrogens with one attached hydrogen (secondary N) is 1. The molecule has 5 rings (SSSR count). The molecule has 0 bridgehead atoms. The van der Waals surface area contributed by atoms with Crippen LogP contribution in [0.4, 0.5) is 5.69 Å². The van der Waals surface area contributed by atoms with Crippen LogP contribution in [0.25, 0.3) is 21.7 Å². The van der Waals surface area contributed by atoms with Crippen LogP contribution in [0.1, 0.15) is 36.4 Å². The molecule has 0 radical (unpaired) electrons. The van der Waals surface area contributed by atoms with Gasteiger partial charge in [0.05, 0.1) is 10.5 Å². The molecule has 3 aromatic carbocycles. The predicted octanol–water partition coefficient (Wildman–Crippen LogP) is 5.54. The summed E-state index contributed by atoms with van der Waals surface area (Å²) in [7, 11) is -3.78. The van der Waals surface area contributed by atoms with Gasteiger partial charge in [-0.2, -0.15) is 0 Å². The number of sulfonamides is 1. The number of benzene rings is 3. The maximum atomic E-state index is 13.0. The number of hydrogen-bond acceptors (Lipinski definition) is 4. The van der Waals surface area contributed by atoms with Crippen LogP contribution in [-0.2, 0) is 16.4 Å². The fraction of sp³-hybridized carbons (Fsp3) is 0.208. The Morgan fingerprint density at radius 3 is 2.50 bits per heavy atom. The summed E-state index contributed by atoms with van der Waals surface area (Å²) in [5.41, 5.74) is 1.44. The highest BCUT2D eigenvalue weighted by Gasteiger charge is 2.35. The lowest BCUT2D eigenvalue weighted by Gasteiger charge is -2.27. The fourth-order valence-electron chi connectivity index (χ4n) is 4.21. The van der Waals surface area contributed by atoms with E-state index in [-0.39, 0.29) is 16.1 Å². The number of carbonyl (C=O) groups is 1. The molecule has 1 aliphatic carbocycles. The van der Waals surface area contributed by atoms with Crippen molar-refractivity contribution < 1.29 is 17.6 Å². The lowest BCUT2D eigenvalue weighted by atomic mass is 9.76. The van der Waals surface area contributed by atoms with Crippen molar-refractivity contribution in [3.05, 3.63) is 72.0 Å². The van der Waals surface area contributed by atoms with Gasteiger partial charge in [0, 0.05) is 23.9 Å². The van der Waals surface area contributed by atoms with Crippen LogP contribution in [0, 0.1) is 5.41 Å². The monoisotopic (exact) mass is 419 g/mol. The third-order valence-corrected chi connectivity index (χ3v) is 6.98. The van der Waals surface area contributed by atoms with Crippen LogP contribution in [0.15, 0.2) is 70.0 Å². The minimum absolute atomic E-state index is 0.0366. The second-order valence-electron chi connectivity index (χ2n) is 8.67. The lowest BCUT2D eigenvalue weighted by molar-refractivity contribution is 0.0906. The van der Waals surface area contributed by atoms with E-state index in [9.17, 15) is 13.2 Å². The Bertz CT molecular complexity index is 1430. The average Bonchev–Trinajstić information content (AvgIpc) is 3.03. The summed E-state index contributed by atoms with van der Waals surface area (Å²) in [5, 5.41) is 2.49. The molecule has 1 aliphatic rings. The molecule has 5 nitrogen and oxygen atoms in total. The number of fused-ring (bicyclic) bond motifs is 4. The number of furan rings is 1. The topological polar surface area (TPSA) is 76.4 Å². The van der Waals surface area contributed by atoms with Crippen LogP contribution in [-0.4, -0.2) is 14.2 Å². The predicted molar refractivity (Wildman–Crippen MR) is 117 cm³/mol. The molecule has 0 spiro atoms. The largest absolute Gasteiger partial charge is 0.460 e. The zero-order chi connectivity index (χ0) is 21.1. The lowest BCUT2D eigenvalue weighted by Crippen LogP contribution is -2.25. The molecule has 1 N–H and O–H groups in total. The molecule has 0 atom stereocenters. The highest BCUT2D eigenvalue weighted by Crippen LogP contribution is 2.40. The van der Waals surface area contributed by atoms with Gasteiger partial charge in [-0.05, 0) is 46.5 Å². The second-order valence-corrected chi connectivity index (χ2v) is 10.3. The van der Waals surface area contributed by atoms with Crippen molar-refractivity contribution in [3.63, 3.8) is 0 Å². The number of ketones is 1. The SMILES string of the molecule is CC1(C)CC(=O)c2c(oc3ccc(NS(=O)(=O)c4ccc5ccccc5c4)cc23)C1. The van der Waals surface area contributed by atoms with Gasteiger partial charge < -0.3 is 4.42 Å². The molecule has 0 saturated heterocycles. The minimum atomic E-state index is -3.78. The summed E-state index contributed by atoms with van der Waals surface area (Å²) < 4.78 is 34.5. The molecule has 30 heavy (non-hydrogen) atoms. The molecule has 6 heteroatoms. The summed E-state index contributed by atoms with van der Waals surface area (Å²) in [6.45, 7) is 4.09. The van der Waals surface area contributed by atoms with Crippen molar-refractivity contribution >= 4 is 43.2 Å². The van der Waals surface area contributed by atoms with E-state index in [0.717, 1.165) is 10.8 Å². The third-order valence-electron chi connectivity index (χ3n) is 5.60. The summed E-state index contributed by atoms with van der Waals surface area (Å²) in [5.74, 6) is 0.718. The molecule has 0 unspecified atom stereocenters. The molecule has 4 aromatic rings. The van der Waals surface area contributed by atoms with E-state index in [2.05, 4.69) is 4.72 Å². The summed E-state index contributed by atoms with van der Waals surface area (Å²) in [6.07, 6.45) is 1.13. The zero-order valence-corrected chi connectivity index (χ0v) is 17.5. The van der Waals surface area contributed by atoms with Crippen LogP contribution in [0.2, 0.25) is 0 Å². The first-order valence-electron chi connectivity index (χ1n) is 9.82. The van der Waals surface area contributed by atoms with Crippen molar-refractivity contribution in [1.29, 1.82) is 0 Å². The Morgan fingerprint density at radius 2 is 1.70 bits per heavy atom. The van der Waals surface area contributed by atoms with E-state index >= 15 is 0 Å². The average molecular weight is 420 g/mol. The van der Waals surface area contributed by atoms with Crippen molar-refractivity contribution in [2.75, 3.05) is 4.72 Å². The number of hydrogen-bond donors (Lipinski definition) is 1. The first-order chi connectivity index (χ1) is 14.2. The molecular formula is C24H21NO4S. The highest BCUT2D eigenvalue weighted by molar-refractivity contribution is 7.92. The van der Waals surface area contributed by atoms with Crippen LogP contribution >= 0.6 is 0 Å². The van der Waals surface area contributed by atoms with E-state index in [1.165, 1.54) is 0 Å². The smallest absolute Gasteiger partial charge is 0.261 e. The molecule has 0 aliphatic heterocycles. The van der Waals surface area contributed by atoms with E-state index in [1.54, 1.807) is 36.4 Å². The normalized spacial score (nSPS) is 16.0. The van der Waals surface area contributed by atoms with Crippen LogP contribution in [0.5, 0.6) is 0 Å². The van der Waals surface area contributed by atoms with Gasteiger partial charge in [0.15, 0.2) is 5.78 Å². The number of rotatable bonds is 3. The van der Waals surface area contributed by atoms with Gasteiger partial charge in [0.2, 0.25) is 0 Å². The van der Waals surface area contributed by atoms with Crippen molar-refractivity contribution in [3.8, 4) is 0 Å². The van der Waals surface area contributed by atoms with Gasteiger partial charge in [-0.3, -0.25) is 9.52 Å². The minimum Gasteiger partial charge on any atom is -0.460 e. The van der Waals surface area contributed by atoms with Crippen LogP contribution in [0.3, 0.4) is 0 Å². The first-order valence-corrected chi connectivity index (χ1v) is 11.3. The summed E-state index contributed by atoms with van der Waals surface area (Å²) in [4.78, 5) is 12.9. The Kier molecular flexibility index (Phi) is 4.05. The molecule has 1 heterocycles. The maximum absolute atomic E-state index is 13.0. The molecule has 0 saturated carbocycles. The summed E-state index contributed by atoms with van der Waals surface area (Å²) >= 11 is 0. The molecule has 0 fully saturated rings. The Hall–Kier alpha value is -3.12. The molecule has 152 valence electrons. The van der Waals surface area contributed by atoms with Crippen molar-refractivity contribution in [2.24, 2.45) is 5.41 Å². The Morgan fingerprint density at radius 1 is 0.933 bits per heavy atom. The van der Waals surface area contributed by atoms with Gasteiger partial charge in [0.1, 0.15) is 11.3 Å². The quantitative estimate of drug-likeness (QED) is 0.473. The standard InChI is InChI=1S/C24H21NO4S/c1-24(2)13-20(26)23-19-12-17(8-10-21(19)29-22(23)14-24)25-30(27,28)18-9-7-15-5-3-4-6-16(15)11-18/h3-12,25H,13-14H2,1-2H3. The molecule has 1 aromatic heterocycles. The number of Topliss-reactive ketones (excluding diaryl/α,β-unsaturated/α-hetero) is 1. The first kappa shape index (κ1) is 18.9.